The fourth-order valence-corrected chi connectivity index (χ4v) is 1.98. The molecule has 1 aromatic rings. The summed E-state index contributed by atoms with van der Waals surface area (Å²) in [4.78, 5) is 6.22. The van der Waals surface area contributed by atoms with Crippen LogP contribution in [0.15, 0.2) is 0 Å². The molecule has 1 heterocycles. The summed E-state index contributed by atoms with van der Waals surface area (Å²) < 4.78 is 103. The van der Waals surface area contributed by atoms with Gasteiger partial charge >= 0.3 is 24.3 Å². The standard InChI is InChI=1S/C11H9ClF8N3O/c1-3-5-4(2)21-8(22-6(5)12)23(24)11(19,20)10(17,18)9(15,16)7(13)14/h7H,3H2,1-2H3/q-1. The first-order valence-electron chi connectivity index (χ1n) is 6.13. The molecule has 4 nitrogen and oxygen atoms in total. The first-order chi connectivity index (χ1) is 10.7. The van der Waals surface area contributed by atoms with Crippen LogP contribution in [0.2, 0.25) is 5.15 Å². The Morgan fingerprint density at radius 2 is 1.62 bits per heavy atom. The van der Waals surface area contributed by atoms with Crippen molar-refractivity contribution >= 4 is 17.5 Å². The van der Waals surface area contributed by atoms with Crippen molar-refractivity contribution in [3.05, 3.63) is 21.6 Å². The lowest BCUT2D eigenvalue weighted by Crippen LogP contribution is -2.63. The molecule has 0 radical (unpaired) electrons. The Labute approximate surface area is 135 Å². The van der Waals surface area contributed by atoms with E-state index >= 15 is 0 Å². The highest BCUT2D eigenvalue weighted by Gasteiger charge is 2.76. The first kappa shape index (κ1) is 20.6. The van der Waals surface area contributed by atoms with Crippen LogP contribution in [0.4, 0.5) is 41.1 Å². The van der Waals surface area contributed by atoms with Crippen molar-refractivity contribution in [2.45, 2.75) is 44.6 Å². The largest absolute Gasteiger partial charge is 0.752 e. The summed E-state index contributed by atoms with van der Waals surface area (Å²) in [7, 11) is 0. The Kier molecular flexibility index (Phi) is 5.55. The second-order valence-corrected chi connectivity index (χ2v) is 4.92. The molecule has 0 fully saturated rings. The molecule has 13 heteroatoms. The number of aryl methyl sites for hydroxylation is 1. The van der Waals surface area contributed by atoms with Gasteiger partial charge in [-0.2, -0.15) is 26.3 Å². The Balaban J connectivity index is 3.38. The lowest BCUT2D eigenvalue weighted by atomic mass is 10.1. The number of halogens is 9. The summed E-state index contributed by atoms with van der Waals surface area (Å²) >= 11 is 5.57. The molecule has 0 saturated heterocycles. The highest BCUT2D eigenvalue weighted by atomic mass is 35.5. The van der Waals surface area contributed by atoms with E-state index in [2.05, 4.69) is 9.97 Å². The number of hydroxylamine groups is 1. The van der Waals surface area contributed by atoms with E-state index in [1.165, 1.54) is 6.92 Å². The molecule has 0 aliphatic carbocycles. The van der Waals surface area contributed by atoms with Crippen LogP contribution in [-0.4, -0.2) is 34.3 Å². The van der Waals surface area contributed by atoms with Gasteiger partial charge in [-0.1, -0.05) is 18.5 Å². The second kappa shape index (κ2) is 6.47. The van der Waals surface area contributed by atoms with E-state index in [-0.39, 0.29) is 17.7 Å². The van der Waals surface area contributed by atoms with E-state index in [4.69, 9.17) is 11.6 Å². The van der Waals surface area contributed by atoms with Gasteiger partial charge in [-0.3, -0.25) is 0 Å². The maximum absolute atomic E-state index is 13.5. The number of rotatable bonds is 6. The molecule has 138 valence electrons. The molecule has 0 saturated carbocycles. The molecule has 0 N–H and O–H groups in total. The third-order valence-electron chi connectivity index (χ3n) is 3.01. The first-order valence-corrected chi connectivity index (χ1v) is 6.51. The van der Waals surface area contributed by atoms with Crippen molar-refractivity contribution in [2.24, 2.45) is 0 Å². The van der Waals surface area contributed by atoms with E-state index in [1.807, 2.05) is 0 Å². The number of alkyl halides is 8. The lowest BCUT2D eigenvalue weighted by molar-refractivity contribution is -0.336. The molecular formula is C11H9ClF8N3O-. The van der Waals surface area contributed by atoms with Crippen LogP contribution in [0.1, 0.15) is 18.2 Å². The fourth-order valence-electron chi connectivity index (χ4n) is 1.63. The van der Waals surface area contributed by atoms with Gasteiger partial charge in [-0.15, -0.1) is 0 Å². The molecule has 0 aliphatic heterocycles. The molecule has 0 aliphatic rings. The van der Waals surface area contributed by atoms with E-state index in [1.54, 1.807) is 6.92 Å². The van der Waals surface area contributed by atoms with Gasteiger partial charge in [-0.05, 0) is 13.3 Å². The average Bonchev–Trinajstić information content (AvgIpc) is 2.45. The van der Waals surface area contributed by atoms with Gasteiger partial charge in [0.15, 0.2) is 0 Å². The van der Waals surface area contributed by atoms with Gasteiger partial charge in [0.1, 0.15) is 5.15 Å². The van der Waals surface area contributed by atoms with Gasteiger partial charge < -0.3 is 10.3 Å². The van der Waals surface area contributed by atoms with Crippen molar-refractivity contribution in [3.63, 3.8) is 0 Å². The molecular weight excluding hydrogens is 378 g/mol. The number of hydrogen-bond acceptors (Lipinski definition) is 4. The Hall–Kier alpha value is -1.43. The third kappa shape index (κ3) is 3.08. The normalized spacial score (nSPS) is 13.5. The second-order valence-electron chi connectivity index (χ2n) is 4.57. The quantitative estimate of drug-likeness (QED) is 0.314. The van der Waals surface area contributed by atoms with Gasteiger partial charge in [0, 0.05) is 11.3 Å². The lowest BCUT2D eigenvalue weighted by Gasteiger charge is -2.42. The molecule has 0 bridgehead atoms. The predicted octanol–water partition coefficient (Wildman–Crippen LogP) is 4.43. The maximum atomic E-state index is 13.5. The summed E-state index contributed by atoms with van der Waals surface area (Å²) in [5, 5.41) is 8.91. The highest BCUT2D eigenvalue weighted by molar-refractivity contribution is 6.30. The Morgan fingerprint density at radius 3 is 2.00 bits per heavy atom. The number of anilines is 1. The maximum Gasteiger partial charge on any atom is 0.397 e. The van der Waals surface area contributed by atoms with E-state index in [9.17, 15) is 40.3 Å². The minimum atomic E-state index is -6.71. The molecule has 0 aromatic carbocycles. The number of nitrogens with zero attached hydrogens (tertiary/aromatic N) is 3. The molecule has 1 aromatic heterocycles. The van der Waals surface area contributed by atoms with Crippen molar-refractivity contribution in [1.82, 2.24) is 9.97 Å². The molecule has 0 atom stereocenters. The zero-order valence-electron chi connectivity index (χ0n) is 11.9. The zero-order valence-corrected chi connectivity index (χ0v) is 12.7. The van der Waals surface area contributed by atoms with Crippen molar-refractivity contribution < 1.29 is 35.1 Å². The van der Waals surface area contributed by atoms with Gasteiger partial charge in [0.2, 0.25) is 5.95 Å². The van der Waals surface area contributed by atoms with Crippen LogP contribution in [0.3, 0.4) is 0 Å². The smallest absolute Gasteiger partial charge is 0.397 e. The molecule has 0 amide bonds. The number of aromatic nitrogens is 2. The monoisotopic (exact) mass is 386 g/mol. The third-order valence-corrected chi connectivity index (χ3v) is 3.32. The van der Waals surface area contributed by atoms with E-state index in [0.29, 0.717) is 0 Å². The van der Waals surface area contributed by atoms with Crippen LogP contribution in [0, 0.1) is 12.1 Å². The van der Waals surface area contributed by atoms with Gasteiger partial charge in [0.25, 0.3) is 0 Å². The van der Waals surface area contributed by atoms with Crippen LogP contribution < -0.4 is 5.06 Å². The Morgan fingerprint density at radius 1 is 1.12 bits per heavy atom. The SMILES string of the molecule is CCc1c(C)nc(N([O-])C(F)(F)C(F)(F)C(F)(F)C(F)F)nc1Cl. The van der Waals surface area contributed by atoms with Crippen molar-refractivity contribution in [3.8, 4) is 0 Å². The van der Waals surface area contributed by atoms with Crippen molar-refractivity contribution in [2.75, 3.05) is 5.06 Å². The molecule has 0 unspecified atom stereocenters. The summed E-state index contributed by atoms with van der Waals surface area (Å²) in [5.74, 6) is -14.8. The minimum absolute atomic E-state index is 0.145. The van der Waals surface area contributed by atoms with E-state index < -0.39 is 40.5 Å². The summed E-state index contributed by atoms with van der Waals surface area (Å²) in [6.07, 6.45) is -4.94. The average molecular weight is 387 g/mol. The summed E-state index contributed by atoms with van der Waals surface area (Å²) in [5.41, 5.74) is 0.0508. The topological polar surface area (TPSA) is 52.1 Å². The molecule has 1 rings (SSSR count). The van der Waals surface area contributed by atoms with Crippen LogP contribution in [-0.2, 0) is 6.42 Å². The minimum Gasteiger partial charge on any atom is -0.752 e. The zero-order chi connectivity index (χ0) is 19.1. The number of hydrogen-bond donors (Lipinski definition) is 0. The van der Waals surface area contributed by atoms with Crippen LogP contribution >= 0.6 is 11.6 Å². The van der Waals surface area contributed by atoms with Crippen LogP contribution in [0.25, 0.3) is 0 Å². The summed E-state index contributed by atoms with van der Waals surface area (Å²) in [6, 6.07) is -6.27. The van der Waals surface area contributed by atoms with E-state index in [0.717, 1.165) is 0 Å². The summed E-state index contributed by atoms with van der Waals surface area (Å²) in [6.45, 7) is 2.73. The van der Waals surface area contributed by atoms with Gasteiger partial charge in [0.05, 0.1) is 0 Å². The molecule has 24 heavy (non-hydrogen) atoms. The fraction of sp³-hybridized carbons (Fsp3) is 0.636. The van der Waals surface area contributed by atoms with Gasteiger partial charge in [-0.25, -0.2) is 18.7 Å². The Bertz CT molecular complexity index is 590. The predicted molar refractivity (Wildman–Crippen MR) is 67.8 cm³/mol. The van der Waals surface area contributed by atoms with Crippen molar-refractivity contribution in [1.29, 1.82) is 0 Å². The highest BCUT2D eigenvalue weighted by Crippen LogP contribution is 2.50. The van der Waals surface area contributed by atoms with Crippen LogP contribution in [0.5, 0.6) is 0 Å². The molecule has 0 spiro atoms.